The van der Waals surface area contributed by atoms with Gasteiger partial charge in [0.15, 0.2) is 5.82 Å². The second kappa shape index (κ2) is 6.76. The molecule has 1 N–H and O–H groups in total. The second-order valence-electron chi connectivity index (χ2n) is 6.66. The number of nitrogens with one attached hydrogen (secondary N) is 1. The first-order chi connectivity index (χ1) is 12.2. The summed E-state index contributed by atoms with van der Waals surface area (Å²) in [5.74, 6) is 2.96. The van der Waals surface area contributed by atoms with Crippen LogP contribution in [0.3, 0.4) is 0 Å². The molecule has 0 amide bonds. The van der Waals surface area contributed by atoms with Crippen molar-refractivity contribution in [1.82, 2.24) is 30.2 Å². The quantitative estimate of drug-likeness (QED) is 0.787. The maximum Gasteiger partial charge on any atom is 0.182 e. The molecule has 0 saturated carbocycles. The van der Waals surface area contributed by atoms with E-state index < -0.39 is 0 Å². The minimum absolute atomic E-state index is 0.368. The van der Waals surface area contributed by atoms with Gasteiger partial charge in [-0.1, -0.05) is 5.16 Å². The Balaban J connectivity index is 1.47. The van der Waals surface area contributed by atoms with Crippen LogP contribution >= 0.6 is 0 Å². The third-order valence-corrected chi connectivity index (χ3v) is 4.88. The minimum Gasteiger partial charge on any atom is -0.361 e. The fourth-order valence-electron chi connectivity index (χ4n) is 3.45. The highest BCUT2D eigenvalue weighted by Gasteiger charge is 2.25. The van der Waals surface area contributed by atoms with Crippen molar-refractivity contribution in [3.63, 3.8) is 0 Å². The number of hydrogen-bond acceptors (Lipinski definition) is 6. The first-order valence-corrected chi connectivity index (χ1v) is 8.67. The molecule has 0 aliphatic carbocycles. The molecule has 130 valence electrons. The van der Waals surface area contributed by atoms with Crippen molar-refractivity contribution in [2.24, 2.45) is 0 Å². The summed E-state index contributed by atoms with van der Waals surface area (Å²) in [6, 6.07) is 3.88. The minimum atomic E-state index is 0.368. The zero-order chi connectivity index (χ0) is 17.2. The van der Waals surface area contributed by atoms with Crippen molar-refractivity contribution in [1.29, 1.82) is 0 Å². The van der Waals surface area contributed by atoms with Gasteiger partial charge in [-0.15, -0.1) is 0 Å². The third kappa shape index (κ3) is 3.32. The normalized spacial score (nSPS) is 18.6. The molecule has 1 fully saturated rings. The van der Waals surface area contributed by atoms with E-state index >= 15 is 0 Å². The number of rotatable bonds is 4. The summed E-state index contributed by atoms with van der Waals surface area (Å²) in [5.41, 5.74) is 3.13. The number of piperidine rings is 1. The van der Waals surface area contributed by atoms with Gasteiger partial charge < -0.3 is 4.52 Å². The van der Waals surface area contributed by atoms with Crippen LogP contribution in [0.2, 0.25) is 0 Å². The molecule has 1 aliphatic rings. The Labute approximate surface area is 146 Å². The van der Waals surface area contributed by atoms with Crippen LogP contribution in [0.5, 0.6) is 0 Å². The molecule has 0 unspecified atom stereocenters. The number of likely N-dealkylation sites (tertiary alicyclic amines) is 1. The number of H-pyrrole nitrogens is 1. The molecule has 4 rings (SSSR count). The van der Waals surface area contributed by atoms with Gasteiger partial charge in [-0.25, -0.2) is 4.98 Å². The molecule has 0 bridgehead atoms. The van der Waals surface area contributed by atoms with Crippen LogP contribution in [-0.4, -0.2) is 43.3 Å². The second-order valence-corrected chi connectivity index (χ2v) is 6.66. The van der Waals surface area contributed by atoms with Crippen LogP contribution in [0.25, 0.3) is 11.4 Å². The Bertz CT molecular complexity index is 821. The molecule has 25 heavy (non-hydrogen) atoms. The molecule has 7 heteroatoms. The van der Waals surface area contributed by atoms with Crippen molar-refractivity contribution < 1.29 is 4.52 Å². The lowest BCUT2D eigenvalue weighted by molar-refractivity contribution is 0.195. The summed E-state index contributed by atoms with van der Waals surface area (Å²) in [5, 5.41) is 11.6. The topological polar surface area (TPSA) is 83.7 Å². The van der Waals surface area contributed by atoms with E-state index in [-0.39, 0.29) is 0 Å². The van der Waals surface area contributed by atoms with Gasteiger partial charge in [0.05, 0.1) is 5.69 Å². The molecule has 0 radical (unpaired) electrons. The Morgan fingerprint density at radius 1 is 1.36 bits per heavy atom. The molecular weight excluding hydrogens is 316 g/mol. The smallest absolute Gasteiger partial charge is 0.182 e. The Morgan fingerprint density at radius 2 is 2.28 bits per heavy atom. The monoisotopic (exact) mass is 338 g/mol. The fraction of sp³-hybridized carbons (Fsp3) is 0.444. The average molecular weight is 338 g/mol. The van der Waals surface area contributed by atoms with E-state index in [1.54, 1.807) is 12.4 Å². The summed E-state index contributed by atoms with van der Waals surface area (Å²) in [4.78, 5) is 11.3. The first-order valence-electron chi connectivity index (χ1n) is 8.67. The van der Waals surface area contributed by atoms with Crippen LogP contribution in [0, 0.1) is 13.8 Å². The summed E-state index contributed by atoms with van der Waals surface area (Å²) >= 11 is 0. The van der Waals surface area contributed by atoms with Crippen LogP contribution in [-0.2, 0) is 6.54 Å². The molecule has 0 spiro atoms. The number of aryl methyl sites for hydroxylation is 2. The van der Waals surface area contributed by atoms with Crippen molar-refractivity contribution in [3.8, 4) is 11.4 Å². The molecule has 1 aliphatic heterocycles. The molecular formula is C18H22N6O. The van der Waals surface area contributed by atoms with Gasteiger partial charge >= 0.3 is 0 Å². The highest BCUT2D eigenvalue weighted by molar-refractivity contribution is 5.52. The molecule has 7 nitrogen and oxygen atoms in total. The first kappa shape index (κ1) is 16.0. The summed E-state index contributed by atoms with van der Waals surface area (Å²) in [7, 11) is 0. The third-order valence-electron chi connectivity index (χ3n) is 4.88. The molecule has 3 aromatic rings. The largest absolute Gasteiger partial charge is 0.361 e. The number of aromatic amines is 1. The number of nitrogens with zero attached hydrogens (tertiary/aromatic N) is 5. The summed E-state index contributed by atoms with van der Waals surface area (Å²) in [6.45, 7) is 6.91. The van der Waals surface area contributed by atoms with Crippen LogP contribution in [0.15, 0.2) is 29.0 Å². The van der Waals surface area contributed by atoms with E-state index in [1.807, 2.05) is 26.0 Å². The predicted octanol–water partition coefficient (Wildman–Crippen LogP) is 2.85. The van der Waals surface area contributed by atoms with E-state index in [1.165, 1.54) is 5.56 Å². The number of hydrogen-bond donors (Lipinski definition) is 1. The maximum atomic E-state index is 5.29. The lowest BCUT2D eigenvalue weighted by Gasteiger charge is -2.31. The van der Waals surface area contributed by atoms with Gasteiger partial charge in [-0.3, -0.25) is 15.0 Å². The van der Waals surface area contributed by atoms with Gasteiger partial charge in [-0.2, -0.15) is 5.10 Å². The Morgan fingerprint density at radius 3 is 3.04 bits per heavy atom. The Hall–Kier alpha value is -2.54. The van der Waals surface area contributed by atoms with Crippen molar-refractivity contribution in [2.75, 3.05) is 13.1 Å². The lowest BCUT2D eigenvalue weighted by Crippen LogP contribution is -2.34. The lowest BCUT2D eigenvalue weighted by atomic mass is 9.97. The van der Waals surface area contributed by atoms with Gasteiger partial charge in [0.2, 0.25) is 0 Å². The molecule has 1 saturated heterocycles. The van der Waals surface area contributed by atoms with Crippen LogP contribution in [0.4, 0.5) is 0 Å². The van der Waals surface area contributed by atoms with Crippen molar-refractivity contribution in [3.05, 3.63) is 47.4 Å². The van der Waals surface area contributed by atoms with E-state index in [4.69, 9.17) is 9.51 Å². The van der Waals surface area contributed by atoms with Crippen molar-refractivity contribution in [2.45, 2.75) is 39.2 Å². The number of aromatic nitrogens is 5. The van der Waals surface area contributed by atoms with E-state index in [0.717, 1.165) is 55.3 Å². The zero-order valence-corrected chi connectivity index (χ0v) is 14.6. The van der Waals surface area contributed by atoms with E-state index in [0.29, 0.717) is 11.7 Å². The zero-order valence-electron chi connectivity index (χ0n) is 14.6. The summed E-state index contributed by atoms with van der Waals surface area (Å²) < 4.78 is 5.29. The van der Waals surface area contributed by atoms with Gasteiger partial charge in [-0.05, 0) is 45.4 Å². The maximum absolute atomic E-state index is 5.29. The predicted molar refractivity (Wildman–Crippen MR) is 92.8 cm³/mol. The average Bonchev–Trinajstić information content (AvgIpc) is 3.26. The van der Waals surface area contributed by atoms with E-state index in [9.17, 15) is 0 Å². The highest BCUT2D eigenvalue weighted by Crippen LogP contribution is 2.27. The van der Waals surface area contributed by atoms with E-state index in [2.05, 4.69) is 25.2 Å². The van der Waals surface area contributed by atoms with Crippen LogP contribution in [0.1, 0.15) is 41.6 Å². The van der Waals surface area contributed by atoms with Crippen LogP contribution < -0.4 is 0 Å². The summed E-state index contributed by atoms with van der Waals surface area (Å²) in [6.07, 6.45) is 5.82. The standard InChI is InChI=1S/C18H22N6O/c1-12-16(13(2)25-23-12)11-24-8-4-6-15(10-24)18-20-17(21-22-18)14-5-3-7-19-9-14/h3,5,7,9,15H,4,6,8,10-11H2,1-2H3,(H,20,21,22)/t15-/m1/s1. The highest BCUT2D eigenvalue weighted by atomic mass is 16.5. The van der Waals surface area contributed by atoms with Gasteiger partial charge in [0.1, 0.15) is 11.6 Å². The molecule has 0 aromatic carbocycles. The van der Waals surface area contributed by atoms with Gasteiger partial charge in [0, 0.05) is 42.5 Å². The van der Waals surface area contributed by atoms with Crippen molar-refractivity contribution >= 4 is 0 Å². The molecule has 3 aromatic heterocycles. The SMILES string of the molecule is Cc1noc(C)c1CN1CCC[C@@H](c2nc(-c3cccnc3)n[nH]2)C1. The molecule has 4 heterocycles. The Kier molecular flexibility index (Phi) is 4.31. The van der Waals surface area contributed by atoms with Gasteiger partial charge in [0.25, 0.3) is 0 Å². The number of pyridine rings is 1. The molecule has 1 atom stereocenters. The fourth-order valence-corrected chi connectivity index (χ4v) is 3.45.